The maximum absolute atomic E-state index is 12.9. The Bertz CT molecular complexity index is 914. The minimum Gasteiger partial charge on any atom is -0.385 e. The van der Waals surface area contributed by atoms with Crippen molar-refractivity contribution in [2.24, 2.45) is 5.73 Å². The molecule has 2 aromatic rings. The number of hydrogen-bond acceptors (Lipinski definition) is 6. The van der Waals surface area contributed by atoms with Crippen molar-refractivity contribution in [2.75, 3.05) is 35.2 Å². The van der Waals surface area contributed by atoms with Crippen LogP contribution in [0.25, 0.3) is 0 Å². The lowest BCUT2D eigenvalue weighted by Gasteiger charge is -2.34. The van der Waals surface area contributed by atoms with Crippen LogP contribution in [0.15, 0.2) is 48.5 Å². The summed E-state index contributed by atoms with van der Waals surface area (Å²) in [7, 11) is 0. The topological polar surface area (TPSA) is 141 Å². The summed E-state index contributed by atoms with van der Waals surface area (Å²) in [5.74, 6) is -1.33. The van der Waals surface area contributed by atoms with E-state index in [1.54, 1.807) is 36.4 Å². The Kier molecular flexibility index (Phi) is 6.65. The van der Waals surface area contributed by atoms with Gasteiger partial charge >= 0.3 is 0 Å². The van der Waals surface area contributed by atoms with Gasteiger partial charge in [-0.15, -0.1) is 0 Å². The van der Waals surface area contributed by atoms with Crippen LogP contribution in [0.2, 0.25) is 0 Å². The second kappa shape index (κ2) is 9.38. The number of carbonyl (C=O) groups is 2. The number of amidine groups is 1. The molecule has 0 aliphatic carbocycles. The van der Waals surface area contributed by atoms with Crippen LogP contribution >= 0.6 is 0 Å². The molecule has 1 aliphatic rings. The molecule has 1 aliphatic heterocycles. The maximum Gasteiger partial charge on any atom is 0.259 e. The summed E-state index contributed by atoms with van der Waals surface area (Å²) in [4.78, 5) is 26.8. The van der Waals surface area contributed by atoms with Crippen molar-refractivity contribution in [1.82, 2.24) is 0 Å². The quantitative estimate of drug-likeness (QED) is 0.342. The molecule has 9 nitrogen and oxygen atoms in total. The third-order valence-corrected chi connectivity index (χ3v) is 4.70. The molecule has 0 saturated carbocycles. The molecule has 0 bridgehead atoms. The Balaban J connectivity index is 1.67. The number of ether oxygens (including phenoxy) is 1. The van der Waals surface area contributed by atoms with Crippen LogP contribution in [0, 0.1) is 5.41 Å². The van der Waals surface area contributed by atoms with Crippen LogP contribution in [-0.2, 0) is 14.3 Å². The molecule has 0 unspecified atom stereocenters. The monoisotopic (exact) mass is 411 g/mol. The molecule has 3 rings (SSSR count). The molecule has 6 N–H and O–H groups in total. The fraction of sp³-hybridized carbons (Fsp3) is 0.286. The minimum atomic E-state index is -1.67. The first-order valence-corrected chi connectivity index (χ1v) is 9.61. The van der Waals surface area contributed by atoms with Crippen molar-refractivity contribution in [3.63, 3.8) is 0 Å². The third-order valence-electron chi connectivity index (χ3n) is 4.70. The van der Waals surface area contributed by atoms with Gasteiger partial charge in [-0.1, -0.05) is 0 Å². The van der Waals surface area contributed by atoms with E-state index >= 15 is 0 Å². The first kappa shape index (κ1) is 21.3. The van der Waals surface area contributed by atoms with Gasteiger partial charge in [-0.2, -0.15) is 0 Å². The normalized spacial score (nSPS) is 17.3. The molecule has 2 amide bonds. The van der Waals surface area contributed by atoms with Crippen molar-refractivity contribution in [3.8, 4) is 0 Å². The van der Waals surface area contributed by atoms with Gasteiger partial charge in [-0.25, -0.2) is 0 Å². The molecule has 30 heavy (non-hydrogen) atoms. The molecule has 2 atom stereocenters. The summed E-state index contributed by atoms with van der Waals surface area (Å²) in [6.45, 7) is 3.31. The second-order valence-corrected chi connectivity index (χ2v) is 6.78. The number of hydrogen-bond donors (Lipinski definition) is 5. The fourth-order valence-electron chi connectivity index (χ4n) is 3.14. The molecule has 1 heterocycles. The molecule has 9 heteroatoms. The number of nitrogens with zero attached hydrogens (tertiary/aromatic N) is 1. The molecule has 158 valence electrons. The molecule has 1 saturated heterocycles. The predicted octanol–water partition coefficient (Wildman–Crippen LogP) is 1.13. The summed E-state index contributed by atoms with van der Waals surface area (Å²) in [6.07, 6.45) is -2.97. The number of rotatable bonds is 7. The molecule has 2 aromatic carbocycles. The van der Waals surface area contributed by atoms with Crippen LogP contribution in [0.5, 0.6) is 0 Å². The van der Waals surface area contributed by atoms with E-state index in [1.165, 1.54) is 4.90 Å². The van der Waals surface area contributed by atoms with Gasteiger partial charge in [0.25, 0.3) is 11.8 Å². The van der Waals surface area contributed by atoms with E-state index in [0.29, 0.717) is 23.5 Å². The number of amides is 2. The maximum atomic E-state index is 12.9. The Labute approximate surface area is 174 Å². The molecular formula is C21H25N5O4. The van der Waals surface area contributed by atoms with E-state index in [-0.39, 0.29) is 12.4 Å². The van der Waals surface area contributed by atoms with Crippen LogP contribution in [0.1, 0.15) is 12.5 Å². The van der Waals surface area contributed by atoms with Gasteiger partial charge in [0.05, 0.1) is 6.61 Å². The van der Waals surface area contributed by atoms with E-state index in [9.17, 15) is 14.7 Å². The standard InChI is InChI=1S/C21H25N5O4/c1-2-24-14-7-9-16(10-8-14)26-11-12-30-18(21(26)29)17(27)20(28)25-15-5-3-13(4-6-15)19(22)23/h3-10,17-18,24,27H,2,11-12H2,1H3,(H3,22,23)(H,25,28)/t17-,18-/m1/s1. The predicted molar refractivity (Wildman–Crippen MR) is 115 cm³/mol. The first-order valence-electron chi connectivity index (χ1n) is 9.61. The summed E-state index contributed by atoms with van der Waals surface area (Å²) in [5.41, 5.74) is 7.93. The Morgan fingerprint density at radius 1 is 1.23 bits per heavy atom. The lowest BCUT2D eigenvalue weighted by atomic mass is 10.1. The molecule has 1 fully saturated rings. The van der Waals surface area contributed by atoms with Crippen molar-refractivity contribution in [2.45, 2.75) is 19.1 Å². The molecular weight excluding hydrogens is 386 g/mol. The Morgan fingerprint density at radius 2 is 1.87 bits per heavy atom. The smallest absolute Gasteiger partial charge is 0.259 e. The highest BCUT2D eigenvalue weighted by Crippen LogP contribution is 2.23. The third kappa shape index (κ3) is 4.76. The van der Waals surface area contributed by atoms with Crippen molar-refractivity contribution < 1.29 is 19.4 Å². The van der Waals surface area contributed by atoms with Gasteiger partial charge in [0, 0.05) is 35.7 Å². The lowest BCUT2D eigenvalue weighted by molar-refractivity contribution is -0.150. The Hall–Kier alpha value is -3.43. The zero-order chi connectivity index (χ0) is 21.7. The average Bonchev–Trinajstić information content (AvgIpc) is 2.75. The fourth-order valence-corrected chi connectivity index (χ4v) is 3.14. The number of nitrogens with one attached hydrogen (secondary N) is 3. The second-order valence-electron chi connectivity index (χ2n) is 6.78. The highest BCUT2D eigenvalue weighted by Gasteiger charge is 2.39. The van der Waals surface area contributed by atoms with Gasteiger partial charge in [-0.3, -0.25) is 15.0 Å². The summed E-state index contributed by atoms with van der Waals surface area (Å²) in [5, 5.41) is 23.6. The highest BCUT2D eigenvalue weighted by atomic mass is 16.5. The average molecular weight is 411 g/mol. The number of aliphatic hydroxyl groups is 1. The van der Waals surface area contributed by atoms with E-state index in [4.69, 9.17) is 15.9 Å². The number of aliphatic hydroxyl groups excluding tert-OH is 1. The summed E-state index contributed by atoms with van der Waals surface area (Å²) >= 11 is 0. The zero-order valence-corrected chi connectivity index (χ0v) is 16.6. The van der Waals surface area contributed by atoms with Gasteiger partial charge < -0.3 is 31.1 Å². The molecule has 0 spiro atoms. The zero-order valence-electron chi connectivity index (χ0n) is 16.6. The van der Waals surface area contributed by atoms with Gasteiger partial charge in [-0.05, 0) is 55.5 Å². The van der Waals surface area contributed by atoms with Crippen LogP contribution < -0.4 is 21.3 Å². The number of anilines is 3. The Morgan fingerprint density at radius 3 is 2.47 bits per heavy atom. The number of carbonyl (C=O) groups excluding carboxylic acids is 2. The van der Waals surface area contributed by atoms with Crippen molar-refractivity contribution >= 4 is 34.7 Å². The van der Waals surface area contributed by atoms with Crippen LogP contribution in [0.4, 0.5) is 17.1 Å². The van der Waals surface area contributed by atoms with Gasteiger partial charge in [0.2, 0.25) is 0 Å². The number of nitrogens with two attached hydrogens (primary N) is 1. The largest absolute Gasteiger partial charge is 0.385 e. The number of nitrogen functional groups attached to an aromatic ring is 1. The number of morpholine rings is 1. The van der Waals surface area contributed by atoms with E-state index in [2.05, 4.69) is 10.6 Å². The molecule has 0 radical (unpaired) electrons. The van der Waals surface area contributed by atoms with Crippen LogP contribution in [-0.4, -0.2) is 54.7 Å². The van der Waals surface area contributed by atoms with Crippen LogP contribution in [0.3, 0.4) is 0 Å². The molecule has 0 aromatic heterocycles. The highest BCUT2D eigenvalue weighted by molar-refractivity contribution is 6.04. The van der Waals surface area contributed by atoms with Gasteiger partial charge in [0.1, 0.15) is 5.84 Å². The lowest BCUT2D eigenvalue weighted by Crippen LogP contribution is -2.55. The van der Waals surface area contributed by atoms with Crippen molar-refractivity contribution in [3.05, 3.63) is 54.1 Å². The van der Waals surface area contributed by atoms with E-state index < -0.39 is 24.0 Å². The minimum absolute atomic E-state index is 0.0901. The van der Waals surface area contributed by atoms with E-state index in [1.807, 2.05) is 19.1 Å². The van der Waals surface area contributed by atoms with E-state index in [0.717, 1.165) is 12.2 Å². The first-order chi connectivity index (χ1) is 14.4. The van der Waals surface area contributed by atoms with Crippen molar-refractivity contribution in [1.29, 1.82) is 5.41 Å². The SMILES string of the molecule is CCNc1ccc(N2CCO[C@H]([C@@H](O)C(=O)Nc3ccc(C(=N)N)cc3)C2=O)cc1. The van der Waals surface area contributed by atoms with Gasteiger partial charge in [0.15, 0.2) is 12.2 Å². The summed E-state index contributed by atoms with van der Waals surface area (Å²) < 4.78 is 5.42. The number of benzene rings is 2. The summed E-state index contributed by atoms with van der Waals surface area (Å²) in [6, 6.07) is 13.6.